The molecule has 2 aromatic carbocycles. The number of piperazine rings is 1. The van der Waals surface area contributed by atoms with E-state index in [1.165, 1.54) is 23.3 Å². The van der Waals surface area contributed by atoms with Crippen molar-refractivity contribution >= 4 is 5.78 Å². The SMILES string of the molecule is COc1ccc2c(c1)C(N1CCN(CC(=O)c3ccc(F)cc3)CC1)CC2. The van der Waals surface area contributed by atoms with Gasteiger partial charge in [0.2, 0.25) is 0 Å². The van der Waals surface area contributed by atoms with Crippen molar-refractivity contribution in [2.45, 2.75) is 18.9 Å². The van der Waals surface area contributed by atoms with Gasteiger partial charge in [-0.3, -0.25) is 14.6 Å². The zero-order chi connectivity index (χ0) is 18.8. The van der Waals surface area contributed by atoms with E-state index in [0.717, 1.165) is 44.8 Å². The summed E-state index contributed by atoms with van der Waals surface area (Å²) in [6, 6.07) is 12.7. The molecule has 2 aliphatic rings. The first-order valence-electron chi connectivity index (χ1n) is 9.56. The molecule has 1 aliphatic carbocycles. The van der Waals surface area contributed by atoms with Crippen molar-refractivity contribution in [3.05, 3.63) is 65.0 Å². The van der Waals surface area contributed by atoms with Crippen LogP contribution in [-0.4, -0.2) is 55.4 Å². The first kappa shape index (κ1) is 18.1. The summed E-state index contributed by atoms with van der Waals surface area (Å²) in [5.74, 6) is 0.664. The predicted molar refractivity (Wildman–Crippen MR) is 103 cm³/mol. The van der Waals surface area contributed by atoms with Crippen LogP contribution in [0.3, 0.4) is 0 Å². The van der Waals surface area contributed by atoms with Gasteiger partial charge in [-0.25, -0.2) is 4.39 Å². The highest BCUT2D eigenvalue weighted by molar-refractivity contribution is 5.97. The molecule has 0 amide bonds. The second-order valence-electron chi connectivity index (χ2n) is 7.36. The average Bonchev–Trinajstić information content (AvgIpc) is 3.12. The lowest BCUT2D eigenvalue weighted by Crippen LogP contribution is -2.48. The van der Waals surface area contributed by atoms with Gasteiger partial charge in [-0.2, -0.15) is 0 Å². The second-order valence-corrected chi connectivity index (χ2v) is 7.36. The minimum atomic E-state index is -0.311. The van der Waals surface area contributed by atoms with E-state index in [9.17, 15) is 9.18 Å². The number of hydrogen-bond donors (Lipinski definition) is 0. The van der Waals surface area contributed by atoms with E-state index in [4.69, 9.17) is 4.74 Å². The lowest BCUT2D eigenvalue weighted by molar-refractivity contribution is 0.0767. The number of carbonyl (C=O) groups is 1. The van der Waals surface area contributed by atoms with Crippen LogP contribution < -0.4 is 4.74 Å². The lowest BCUT2D eigenvalue weighted by atomic mass is 10.1. The molecule has 0 radical (unpaired) electrons. The molecular weight excluding hydrogens is 343 g/mol. The van der Waals surface area contributed by atoms with E-state index in [1.54, 1.807) is 19.2 Å². The number of halogens is 1. The molecule has 1 aliphatic heterocycles. The van der Waals surface area contributed by atoms with Gasteiger partial charge in [0.05, 0.1) is 13.7 Å². The number of Topliss-reactive ketones (excluding diaryl/α,β-unsaturated/α-hetero) is 1. The van der Waals surface area contributed by atoms with Crippen molar-refractivity contribution in [1.82, 2.24) is 9.80 Å². The van der Waals surface area contributed by atoms with E-state index in [2.05, 4.69) is 21.9 Å². The fourth-order valence-electron chi connectivity index (χ4n) is 4.23. The van der Waals surface area contributed by atoms with Crippen LogP contribution >= 0.6 is 0 Å². The zero-order valence-electron chi connectivity index (χ0n) is 15.7. The Bertz CT molecular complexity index is 814. The molecule has 1 fully saturated rings. The molecule has 0 bridgehead atoms. The number of aryl methyl sites for hydroxylation is 1. The number of carbonyl (C=O) groups excluding carboxylic acids is 1. The minimum absolute atomic E-state index is 0.0550. The van der Waals surface area contributed by atoms with Gasteiger partial charge >= 0.3 is 0 Å². The third kappa shape index (κ3) is 3.89. The molecule has 142 valence electrons. The van der Waals surface area contributed by atoms with Gasteiger partial charge in [0.25, 0.3) is 0 Å². The van der Waals surface area contributed by atoms with Crippen molar-refractivity contribution in [2.75, 3.05) is 39.8 Å². The quantitative estimate of drug-likeness (QED) is 0.758. The second kappa shape index (κ2) is 7.79. The number of benzene rings is 2. The zero-order valence-corrected chi connectivity index (χ0v) is 15.7. The maximum absolute atomic E-state index is 13.0. The Morgan fingerprint density at radius 3 is 2.56 bits per heavy atom. The molecule has 0 aromatic heterocycles. The Labute approximate surface area is 159 Å². The Morgan fingerprint density at radius 2 is 1.85 bits per heavy atom. The number of hydrogen-bond acceptors (Lipinski definition) is 4. The standard InChI is InChI=1S/C22H25FN2O2/c1-27-19-8-4-16-5-9-21(20(16)14-19)25-12-10-24(11-13-25)15-22(26)17-2-6-18(23)7-3-17/h2-4,6-8,14,21H,5,9-13,15H2,1H3. The van der Waals surface area contributed by atoms with Crippen LogP contribution in [0.15, 0.2) is 42.5 Å². The monoisotopic (exact) mass is 368 g/mol. The van der Waals surface area contributed by atoms with Crippen molar-refractivity contribution in [3.63, 3.8) is 0 Å². The number of ketones is 1. The molecule has 2 aromatic rings. The van der Waals surface area contributed by atoms with Crippen molar-refractivity contribution < 1.29 is 13.9 Å². The maximum Gasteiger partial charge on any atom is 0.176 e. The van der Waals surface area contributed by atoms with Gasteiger partial charge in [0, 0.05) is 37.8 Å². The summed E-state index contributed by atoms with van der Waals surface area (Å²) in [6.07, 6.45) is 2.27. The maximum atomic E-state index is 13.0. The molecule has 27 heavy (non-hydrogen) atoms. The average molecular weight is 368 g/mol. The molecule has 1 saturated heterocycles. The first-order chi connectivity index (χ1) is 13.1. The third-order valence-corrected chi connectivity index (χ3v) is 5.78. The van der Waals surface area contributed by atoms with Crippen LogP contribution in [-0.2, 0) is 6.42 Å². The fraction of sp³-hybridized carbons (Fsp3) is 0.409. The number of methoxy groups -OCH3 is 1. The van der Waals surface area contributed by atoms with Gasteiger partial charge in [-0.15, -0.1) is 0 Å². The van der Waals surface area contributed by atoms with E-state index in [-0.39, 0.29) is 11.6 Å². The largest absolute Gasteiger partial charge is 0.497 e. The highest BCUT2D eigenvalue weighted by atomic mass is 19.1. The van der Waals surface area contributed by atoms with Crippen molar-refractivity contribution in [3.8, 4) is 5.75 Å². The molecule has 0 saturated carbocycles. The summed E-state index contributed by atoms with van der Waals surface area (Å²) >= 11 is 0. The number of fused-ring (bicyclic) bond motifs is 1. The number of nitrogens with zero attached hydrogens (tertiary/aromatic N) is 2. The van der Waals surface area contributed by atoms with Crippen molar-refractivity contribution in [1.29, 1.82) is 0 Å². The van der Waals surface area contributed by atoms with Crippen LogP contribution in [0.4, 0.5) is 4.39 Å². The third-order valence-electron chi connectivity index (χ3n) is 5.78. The Balaban J connectivity index is 1.35. The molecular formula is C22H25FN2O2. The van der Waals surface area contributed by atoms with Gasteiger partial charge in [-0.1, -0.05) is 6.07 Å². The van der Waals surface area contributed by atoms with Gasteiger partial charge in [0.15, 0.2) is 5.78 Å². The topological polar surface area (TPSA) is 32.8 Å². The summed E-state index contributed by atoms with van der Waals surface area (Å²) in [5, 5.41) is 0. The van der Waals surface area contributed by atoms with Gasteiger partial charge in [0.1, 0.15) is 11.6 Å². The molecule has 0 spiro atoms. The molecule has 0 N–H and O–H groups in total. The highest BCUT2D eigenvalue weighted by Gasteiger charge is 2.31. The van der Waals surface area contributed by atoms with Gasteiger partial charge in [-0.05, 0) is 60.4 Å². The number of ether oxygens (including phenoxy) is 1. The summed E-state index contributed by atoms with van der Waals surface area (Å²) in [4.78, 5) is 17.1. The van der Waals surface area contributed by atoms with Gasteiger partial charge < -0.3 is 4.74 Å². The highest BCUT2D eigenvalue weighted by Crippen LogP contribution is 2.38. The number of rotatable bonds is 5. The van der Waals surface area contributed by atoms with Crippen LogP contribution in [0.25, 0.3) is 0 Å². The van der Waals surface area contributed by atoms with Crippen LogP contribution in [0.5, 0.6) is 5.75 Å². The summed E-state index contributed by atoms with van der Waals surface area (Å²) < 4.78 is 18.4. The minimum Gasteiger partial charge on any atom is -0.497 e. The fourth-order valence-corrected chi connectivity index (χ4v) is 4.23. The van der Waals surface area contributed by atoms with Crippen molar-refractivity contribution in [2.24, 2.45) is 0 Å². The Hall–Kier alpha value is -2.24. The van der Waals surface area contributed by atoms with E-state index in [0.29, 0.717) is 18.2 Å². The summed E-state index contributed by atoms with van der Waals surface area (Å²) in [7, 11) is 1.71. The Kier molecular flexibility index (Phi) is 5.23. The lowest BCUT2D eigenvalue weighted by Gasteiger charge is -2.38. The normalized spacial score (nSPS) is 20.4. The molecule has 5 heteroatoms. The van der Waals surface area contributed by atoms with E-state index in [1.807, 2.05) is 6.07 Å². The molecule has 1 heterocycles. The summed E-state index contributed by atoms with van der Waals surface area (Å²) in [5.41, 5.74) is 3.40. The summed E-state index contributed by atoms with van der Waals surface area (Å²) in [6.45, 7) is 4.07. The van der Waals surface area contributed by atoms with Crippen LogP contribution in [0.2, 0.25) is 0 Å². The first-order valence-corrected chi connectivity index (χ1v) is 9.56. The molecule has 1 atom stereocenters. The van der Waals surface area contributed by atoms with E-state index < -0.39 is 0 Å². The Morgan fingerprint density at radius 1 is 1.11 bits per heavy atom. The van der Waals surface area contributed by atoms with E-state index >= 15 is 0 Å². The molecule has 1 unspecified atom stereocenters. The molecule has 4 nitrogen and oxygen atoms in total. The predicted octanol–water partition coefficient (Wildman–Crippen LogP) is 3.32. The van der Waals surface area contributed by atoms with Crippen LogP contribution in [0, 0.1) is 5.82 Å². The molecule has 4 rings (SSSR count). The smallest absolute Gasteiger partial charge is 0.176 e. The van der Waals surface area contributed by atoms with Crippen LogP contribution in [0.1, 0.15) is 33.9 Å².